The van der Waals surface area contributed by atoms with Gasteiger partial charge in [0.05, 0.1) is 0 Å². The minimum Gasteiger partial charge on any atom is -0.444 e. The SMILES string of the molecule is c1ccc(OP2NP(Oc3ccccc3)NP(Oc3ccccc3)N2)cc1. The molecule has 0 bridgehead atoms. The number of nitrogens with one attached hydrogen (secondary N) is 3. The van der Waals surface area contributed by atoms with E-state index in [-0.39, 0.29) is 0 Å². The fourth-order valence-electron chi connectivity index (χ4n) is 2.20. The summed E-state index contributed by atoms with van der Waals surface area (Å²) in [7, 11) is -3.52. The first-order valence-electron chi connectivity index (χ1n) is 8.23. The molecule has 138 valence electrons. The van der Waals surface area contributed by atoms with E-state index in [0.29, 0.717) is 0 Å². The Kier molecular flexibility index (Phi) is 6.49. The summed E-state index contributed by atoms with van der Waals surface area (Å²) in [5.41, 5.74) is 0. The quantitative estimate of drug-likeness (QED) is 0.448. The Hall–Kier alpha value is -1.77. The van der Waals surface area contributed by atoms with Crippen molar-refractivity contribution in [2.45, 2.75) is 0 Å². The van der Waals surface area contributed by atoms with Gasteiger partial charge in [0.15, 0.2) is 0 Å². The predicted octanol–water partition coefficient (Wildman–Crippen LogP) is 5.69. The van der Waals surface area contributed by atoms with E-state index in [2.05, 4.69) is 14.6 Å². The number of hydrogen-bond acceptors (Lipinski definition) is 6. The van der Waals surface area contributed by atoms with Crippen LogP contribution in [0.1, 0.15) is 0 Å². The van der Waals surface area contributed by atoms with Crippen LogP contribution in [0, 0.1) is 0 Å². The zero-order valence-corrected chi connectivity index (χ0v) is 16.9. The molecule has 0 aliphatic carbocycles. The van der Waals surface area contributed by atoms with Crippen LogP contribution in [-0.4, -0.2) is 0 Å². The molecule has 0 spiro atoms. The van der Waals surface area contributed by atoms with Gasteiger partial charge in [-0.25, -0.2) is 0 Å². The van der Waals surface area contributed by atoms with Crippen LogP contribution in [-0.2, 0) is 0 Å². The van der Waals surface area contributed by atoms with Crippen LogP contribution in [0.25, 0.3) is 0 Å². The molecule has 1 heterocycles. The Balaban J connectivity index is 1.47. The first-order valence-corrected chi connectivity index (χ1v) is 12.0. The molecule has 0 unspecified atom stereocenters. The first-order chi connectivity index (χ1) is 13.3. The molecule has 1 aliphatic rings. The van der Waals surface area contributed by atoms with Gasteiger partial charge in [-0.05, 0) is 36.4 Å². The number of hydrogen-bond donors (Lipinski definition) is 3. The molecule has 0 radical (unpaired) electrons. The summed E-state index contributed by atoms with van der Waals surface area (Å²) < 4.78 is 18.2. The first kappa shape index (κ1) is 18.6. The van der Waals surface area contributed by atoms with E-state index in [4.69, 9.17) is 13.6 Å². The number of benzene rings is 3. The van der Waals surface area contributed by atoms with Gasteiger partial charge in [-0.15, -0.1) is 0 Å². The zero-order chi connectivity index (χ0) is 18.3. The van der Waals surface area contributed by atoms with E-state index in [1.165, 1.54) is 0 Å². The molecule has 3 N–H and O–H groups in total. The average molecular weight is 417 g/mol. The molecular formula is C18H18N3O3P3. The lowest BCUT2D eigenvalue weighted by atomic mass is 10.3. The molecule has 6 nitrogen and oxygen atoms in total. The van der Waals surface area contributed by atoms with Gasteiger partial charge in [-0.3, -0.25) is 0 Å². The van der Waals surface area contributed by atoms with Crippen LogP contribution in [0.5, 0.6) is 17.2 Å². The van der Waals surface area contributed by atoms with Crippen LogP contribution < -0.4 is 28.1 Å². The van der Waals surface area contributed by atoms with Crippen LogP contribution >= 0.6 is 25.3 Å². The van der Waals surface area contributed by atoms with Gasteiger partial charge in [0, 0.05) is 0 Å². The minimum absolute atomic E-state index is 0.787. The molecule has 0 amide bonds. The molecule has 3 aromatic rings. The van der Waals surface area contributed by atoms with Gasteiger partial charge in [0.25, 0.3) is 25.3 Å². The summed E-state index contributed by atoms with van der Waals surface area (Å²) in [5.74, 6) is 2.36. The molecule has 4 rings (SSSR count). The van der Waals surface area contributed by atoms with E-state index in [1.807, 2.05) is 91.0 Å². The summed E-state index contributed by atoms with van der Waals surface area (Å²) in [5, 5.41) is 0. The highest BCUT2D eigenvalue weighted by Gasteiger charge is 2.34. The van der Waals surface area contributed by atoms with Gasteiger partial charge in [-0.2, -0.15) is 14.6 Å². The van der Waals surface area contributed by atoms with Crippen molar-refractivity contribution in [1.29, 1.82) is 0 Å². The van der Waals surface area contributed by atoms with E-state index < -0.39 is 25.3 Å². The van der Waals surface area contributed by atoms with E-state index in [9.17, 15) is 0 Å². The van der Waals surface area contributed by atoms with E-state index >= 15 is 0 Å². The van der Waals surface area contributed by atoms with Gasteiger partial charge >= 0.3 is 0 Å². The lowest BCUT2D eigenvalue weighted by Gasteiger charge is -2.34. The number of rotatable bonds is 6. The summed E-state index contributed by atoms with van der Waals surface area (Å²) in [6.07, 6.45) is 0. The van der Waals surface area contributed by atoms with Crippen molar-refractivity contribution in [3.05, 3.63) is 91.0 Å². The molecule has 1 aliphatic heterocycles. The monoisotopic (exact) mass is 417 g/mol. The number of para-hydroxylation sites is 3. The van der Waals surface area contributed by atoms with E-state index in [1.54, 1.807) is 0 Å². The molecule has 3 aromatic carbocycles. The van der Waals surface area contributed by atoms with Crippen LogP contribution in [0.15, 0.2) is 91.0 Å². The highest BCUT2D eigenvalue weighted by molar-refractivity contribution is 7.79. The normalized spacial score (nSPS) is 22.0. The summed E-state index contributed by atoms with van der Waals surface area (Å²) in [4.78, 5) is 10.1. The maximum Gasteiger partial charge on any atom is 0.257 e. The van der Waals surface area contributed by atoms with Gasteiger partial charge < -0.3 is 13.6 Å². The molecule has 0 aromatic heterocycles. The second-order valence-electron chi connectivity index (χ2n) is 5.40. The molecule has 27 heavy (non-hydrogen) atoms. The van der Waals surface area contributed by atoms with Gasteiger partial charge in [-0.1, -0.05) is 54.6 Å². The Morgan fingerprint density at radius 2 is 0.667 bits per heavy atom. The maximum absolute atomic E-state index is 6.07. The van der Waals surface area contributed by atoms with Crippen LogP contribution in [0.2, 0.25) is 0 Å². The smallest absolute Gasteiger partial charge is 0.257 e. The van der Waals surface area contributed by atoms with Crippen molar-refractivity contribution in [1.82, 2.24) is 14.6 Å². The third-order valence-electron chi connectivity index (χ3n) is 3.36. The summed E-state index contributed by atoms with van der Waals surface area (Å²) >= 11 is 0. The molecule has 1 saturated heterocycles. The van der Waals surface area contributed by atoms with Crippen molar-refractivity contribution in [2.24, 2.45) is 0 Å². The van der Waals surface area contributed by atoms with Gasteiger partial charge in [0.1, 0.15) is 17.2 Å². The Morgan fingerprint density at radius 3 is 0.926 bits per heavy atom. The molecule has 9 heteroatoms. The second-order valence-corrected chi connectivity index (χ2v) is 10.1. The standard InChI is InChI=1S/C18H18N3O3P3/c1-4-10-16(11-5-1)22-25-19-26(23-17-12-6-2-7-13-17)21-27(20-25)24-18-14-8-3-9-15-18/h1-15,19-21H. The third kappa shape index (κ3) is 5.60. The molecule has 1 fully saturated rings. The lowest BCUT2D eigenvalue weighted by molar-refractivity contribution is 0.564. The molecule has 0 saturated carbocycles. The van der Waals surface area contributed by atoms with Gasteiger partial charge in [0.2, 0.25) is 0 Å². The minimum atomic E-state index is -1.17. The summed E-state index contributed by atoms with van der Waals surface area (Å²) in [6, 6.07) is 29.1. The topological polar surface area (TPSA) is 63.8 Å². The largest absolute Gasteiger partial charge is 0.444 e. The predicted molar refractivity (Wildman–Crippen MR) is 111 cm³/mol. The molecular weight excluding hydrogens is 399 g/mol. The Morgan fingerprint density at radius 1 is 0.407 bits per heavy atom. The van der Waals surface area contributed by atoms with E-state index in [0.717, 1.165) is 17.2 Å². The highest BCUT2D eigenvalue weighted by atomic mass is 31.3. The van der Waals surface area contributed by atoms with Crippen molar-refractivity contribution >= 4 is 25.3 Å². The fourth-order valence-corrected chi connectivity index (χ4v) is 7.90. The Labute approximate surface area is 162 Å². The van der Waals surface area contributed by atoms with Crippen molar-refractivity contribution in [3.63, 3.8) is 0 Å². The fraction of sp³-hybridized carbons (Fsp3) is 0. The average Bonchev–Trinajstić information content (AvgIpc) is 2.70. The van der Waals surface area contributed by atoms with Crippen LogP contribution in [0.3, 0.4) is 0 Å². The van der Waals surface area contributed by atoms with Crippen molar-refractivity contribution < 1.29 is 13.6 Å². The molecule has 0 atom stereocenters. The maximum atomic E-state index is 6.07. The van der Waals surface area contributed by atoms with Crippen molar-refractivity contribution in [2.75, 3.05) is 0 Å². The third-order valence-corrected chi connectivity index (χ3v) is 8.90. The van der Waals surface area contributed by atoms with Crippen LogP contribution in [0.4, 0.5) is 0 Å². The zero-order valence-electron chi connectivity index (χ0n) is 14.2. The second kappa shape index (κ2) is 9.43. The Bertz CT molecular complexity index is 711. The highest BCUT2D eigenvalue weighted by Crippen LogP contribution is 2.55. The van der Waals surface area contributed by atoms with Crippen molar-refractivity contribution in [3.8, 4) is 17.2 Å². The summed E-state index contributed by atoms with van der Waals surface area (Å²) in [6.45, 7) is 0. The lowest BCUT2D eigenvalue weighted by Crippen LogP contribution is -2.32.